The Balaban J connectivity index is 2.05. The summed E-state index contributed by atoms with van der Waals surface area (Å²) < 4.78 is 1.76. The molecule has 88 valence electrons. The van der Waals surface area contributed by atoms with Gasteiger partial charge in [0.1, 0.15) is 24.8 Å². The lowest BCUT2D eigenvalue weighted by Gasteiger charge is -2.07. The van der Waals surface area contributed by atoms with E-state index in [1.807, 2.05) is 19.2 Å². The van der Waals surface area contributed by atoms with E-state index in [0.717, 1.165) is 22.5 Å². The largest absolute Gasteiger partial charge is 0.272 e. The fraction of sp³-hybridized carbons (Fsp3) is 0.0833. The minimum absolute atomic E-state index is 0.790. The molecule has 6 nitrogen and oxygen atoms in total. The molecular weight excluding hydrogens is 228 g/mol. The van der Waals surface area contributed by atoms with Crippen LogP contribution in [0.2, 0.25) is 0 Å². The first-order chi connectivity index (χ1) is 8.84. The summed E-state index contributed by atoms with van der Waals surface area (Å²) in [5.74, 6) is 0.790. The van der Waals surface area contributed by atoms with Crippen LogP contribution in [0, 0.1) is 6.92 Å². The molecule has 0 unspecified atom stereocenters. The molecule has 0 aliphatic heterocycles. The van der Waals surface area contributed by atoms with Crippen molar-refractivity contribution < 1.29 is 0 Å². The zero-order chi connectivity index (χ0) is 12.4. The highest BCUT2D eigenvalue weighted by molar-refractivity contribution is 5.65. The molecule has 3 heterocycles. The van der Waals surface area contributed by atoms with Gasteiger partial charge in [-0.2, -0.15) is 0 Å². The summed E-state index contributed by atoms with van der Waals surface area (Å²) in [6.07, 6.45) is 10.1. The summed E-state index contributed by atoms with van der Waals surface area (Å²) in [6.45, 7) is 2.03. The van der Waals surface area contributed by atoms with Crippen molar-refractivity contribution in [3.05, 3.63) is 49.2 Å². The highest BCUT2D eigenvalue weighted by atomic mass is 15.2. The van der Waals surface area contributed by atoms with E-state index in [1.54, 1.807) is 29.6 Å². The van der Waals surface area contributed by atoms with E-state index in [4.69, 9.17) is 0 Å². The quantitative estimate of drug-likeness (QED) is 0.675. The van der Waals surface area contributed by atoms with Crippen molar-refractivity contribution in [2.75, 3.05) is 0 Å². The lowest BCUT2D eigenvalue weighted by Crippen LogP contribution is -1.96. The van der Waals surface area contributed by atoms with Crippen LogP contribution < -0.4 is 0 Å². The Morgan fingerprint density at radius 2 is 1.72 bits per heavy atom. The topological polar surface area (TPSA) is 69.4 Å². The second-order valence-corrected chi connectivity index (χ2v) is 3.85. The van der Waals surface area contributed by atoms with Crippen LogP contribution in [0.3, 0.4) is 0 Å². The molecule has 6 heteroatoms. The molecule has 0 aromatic carbocycles. The zero-order valence-corrected chi connectivity index (χ0v) is 9.72. The Morgan fingerprint density at radius 1 is 1.00 bits per heavy atom. The molecule has 0 atom stereocenters. The summed E-state index contributed by atoms with van der Waals surface area (Å²) in [5.41, 5.74) is 3.08. The molecule has 0 radical (unpaired) electrons. The first kappa shape index (κ1) is 10.5. The molecule has 3 aromatic heterocycles. The molecule has 0 saturated carbocycles. The molecule has 0 aliphatic rings. The predicted octanol–water partition coefficient (Wildman–Crippen LogP) is 1.43. The number of rotatable bonds is 2. The van der Waals surface area contributed by atoms with Crippen molar-refractivity contribution in [3.63, 3.8) is 0 Å². The number of hydrogen-bond acceptors (Lipinski definition) is 5. The summed E-state index contributed by atoms with van der Waals surface area (Å²) in [5, 5.41) is 7.52. The molecule has 0 amide bonds. The number of hydrogen-bond donors (Lipinski definition) is 0. The van der Waals surface area contributed by atoms with Gasteiger partial charge in [-0.25, -0.2) is 15.0 Å². The Bertz CT molecular complexity index is 648. The summed E-state index contributed by atoms with van der Waals surface area (Å²) in [4.78, 5) is 12.4. The molecule has 3 aromatic rings. The second-order valence-electron chi connectivity index (χ2n) is 3.85. The minimum Gasteiger partial charge on any atom is -0.272 e. The van der Waals surface area contributed by atoms with Crippen LogP contribution in [-0.4, -0.2) is 29.7 Å². The third-order valence-corrected chi connectivity index (χ3v) is 2.65. The zero-order valence-electron chi connectivity index (χ0n) is 9.72. The number of aromatic nitrogens is 6. The van der Waals surface area contributed by atoms with Crippen molar-refractivity contribution in [2.45, 2.75) is 6.92 Å². The maximum Gasteiger partial charge on any atom is 0.139 e. The van der Waals surface area contributed by atoms with Gasteiger partial charge in [0, 0.05) is 29.7 Å². The lowest BCUT2D eigenvalue weighted by atomic mass is 10.1. The normalized spacial score (nSPS) is 10.5. The number of aryl methyl sites for hydroxylation is 1. The molecule has 0 fully saturated rings. The van der Waals surface area contributed by atoms with Gasteiger partial charge in [0.15, 0.2) is 0 Å². The predicted molar refractivity (Wildman–Crippen MR) is 64.9 cm³/mol. The van der Waals surface area contributed by atoms with Crippen LogP contribution in [0.15, 0.2) is 43.6 Å². The second kappa shape index (κ2) is 4.33. The van der Waals surface area contributed by atoms with Crippen LogP contribution in [0.1, 0.15) is 5.56 Å². The monoisotopic (exact) mass is 238 g/mol. The Hall–Kier alpha value is -2.63. The van der Waals surface area contributed by atoms with Crippen molar-refractivity contribution in [1.29, 1.82) is 0 Å². The van der Waals surface area contributed by atoms with Gasteiger partial charge in [0.2, 0.25) is 0 Å². The molecule has 0 aliphatic carbocycles. The van der Waals surface area contributed by atoms with Crippen LogP contribution in [-0.2, 0) is 0 Å². The molecule has 0 saturated heterocycles. The smallest absolute Gasteiger partial charge is 0.139 e. The first-order valence-electron chi connectivity index (χ1n) is 5.41. The number of nitrogens with zero attached hydrogens (tertiary/aromatic N) is 6. The fourth-order valence-electron chi connectivity index (χ4n) is 1.74. The van der Waals surface area contributed by atoms with E-state index < -0.39 is 0 Å². The molecular formula is C12H10N6. The van der Waals surface area contributed by atoms with Crippen LogP contribution in [0.4, 0.5) is 0 Å². The van der Waals surface area contributed by atoms with Crippen molar-refractivity contribution in [2.24, 2.45) is 0 Å². The summed E-state index contributed by atoms with van der Waals surface area (Å²) >= 11 is 0. The van der Waals surface area contributed by atoms with Crippen molar-refractivity contribution in [3.8, 4) is 16.9 Å². The molecule has 18 heavy (non-hydrogen) atoms. The maximum absolute atomic E-state index is 4.39. The molecule has 0 bridgehead atoms. The van der Waals surface area contributed by atoms with Crippen LogP contribution >= 0.6 is 0 Å². The van der Waals surface area contributed by atoms with Crippen molar-refractivity contribution in [1.82, 2.24) is 29.7 Å². The van der Waals surface area contributed by atoms with E-state index in [2.05, 4.69) is 25.1 Å². The number of pyridine rings is 1. The van der Waals surface area contributed by atoms with Gasteiger partial charge in [-0.1, -0.05) is 0 Å². The summed E-state index contributed by atoms with van der Waals surface area (Å²) in [6, 6.07) is 1.98. The van der Waals surface area contributed by atoms with Gasteiger partial charge in [-0.15, -0.1) is 10.2 Å². The third-order valence-electron chi connectivity index (χ3n) is 2.65. The average molecular weight is 238 g/mol. The molecule has 3 rings (SSSR count). The average Bonchev–Trinajstić information content (AvgIpc) is 2.93. The van der Waals surface area contributed by atoms with E-state index in [0.29, 0.717) is 0 Å². The van der Waals surface area contributed by atoms with Crippen LogP contribution in [0.5, 0.6) is 0 Å². The van der Waals surface area contributed by atoms with E-state index in [9.17, 15) is 0 Å². The Labute approximate surface area is 103 Å². The third kappa shape index (κ3) is 1.84. The van der Waals surface area contributed by atoms with Gasteiger partial charge in [0.25, 0.3) is 0 Å². The van der Waals surface area contributed by atoms with Gasteiger partial charge in [-0.05, 0) is 18.6 Å². The van der Waals surface area contributed by atoms with Gasteiger partial charge in [0.05, 0.1) is 0 Å². The lowest BCUT2D eigenvalue weighted by molar-refractivity contribution is 0.986. The first-order valence-corrected chi connectivity index (χ1v) is 5.41. The van der Waals surface area contributed by atoms with Gasteiger partial charge >= 0.3 is 0 Å². The molecule has 0 spiro atoms. The Morgan fingerprint density at radius 3 is 2.39 bits per heavy atom. The van der Waals surface area contributed by atoms with Gasteiger partial charge in [-0.3, -0.25) is 4.57 Å². The fourth-order valence-corrected chi connectivity index (χ4v) is 1.74. The standard InChI is InChI=1S/C12H10N6/c1-9-2-12(18-7-16-17-8-18)15-5-11(9)10-3-13-6-14-4-10/h2-8H,1H3. The minimum atomic E-state index is 0.790. The highest BCUT2D eigenvalue weighted by Crippen LogP contribution is 2.22. The molecule has 0 N–H and O–H groups in total. The highest BCUT2D eigenvalue weighted by Gasteiger charge is 2.05. The van der Waals surface area contributed by atoms with Crippen LogP contribution in [0.25, 0.3) is 16.9 Å². The summed E-state index contributed by atoms with van der Waals surface area (Å²) in [7, 11) is 0. The van der Waals surface area contributed by atoms with Crippen molar-refractivity contribution >= 4 is 0 Å². The maximum atomic E-state index is 4.39. The van der Waals surface area contributed by atoms with E-state index in [1.165, 1.54) is 6.33 Å². The van der Waals surface area contributed by atoms with E-state index >= 15 is 0 Å². The Kier molecular flexibility index (Phi) is 2.53. The SMILES string of the molecule is Cc1cc(-n2cnnc2)ncc1-c1cncnc1. The van der Waals surface area contributed by atoms with E-state index in [-0.39, 0.29) is 0 Å². The van der Waals surface area contributed by atoms with Gasteiger partial charge < -0.3 is 0 Å².